The van der Waals surface area contributed by atoms with Gasteiger partial charge in [-0.05, 0) is 12.3 Å². The third kappa shape index (κ3) is 3.87. The maximum absolute atomic E-state index is 5.55. The summed E-state index contributed by atoms with van der Waals surface area (Å²) in [5.41, 5.74) is 0.400. The van der Waals surface area contributed by atoms with E-state index in [-0.39, 0.29) is 0 Å². The second-order valence-electron chi connectivity index (χ2n) is 4.21. The standard InChI is InChI=1S/C11H26O3Si/c1-7-8-9-11(10(2)3)15(12-4,13-5)14-6/h10-11H,7-9H2,1-6H3. The van der Waals surface area contributed by atoms with Crippen LogP contribution in [0.2, 0.25) is 5.54 Å². The first-order valence-electron chi connectivity index (χ1n) is 5.73. The smallest absolute Gasteiger partial charge is 0.377 e. The molecule has 0 amide bonds. The van der Waals surface area contributed by atoms with E-state index in [1.54, 1.807) is 21.3 Å². The van der Waals surface area contributed by atoms with Crippen LogP contribution in [0.15, 0.2) is 0 Å². The van der Waals surface area contributed by atoms with Gasteiger partial charge < -0.3 is 13.3 Å². The number of unbranched alkanes of at least 4 members (excludes halogenated alkanes) is 1. The highest BCUT2D eigenvalue weighted by molar-refractivity contribution is 6.62. The van der Waals surface area contributed by atoms with Gasteiger partial charge in [0.25, 0.3) is 0 Å². The number of rotatable bonds is 8. The Balaban J connectivity index is 4.66. The Bertz CT molecular complexity index is 150. The Kier molecular flexibility index (Phi) is 7.43. The molecule has 0 aromatic rings. The molecule has 0 aliphatic heterocycles. The Morgan fingerprint density at radius 3 is 1.73 bits per heavy atom. The number of hydrogen-bond donors (Lipinski definition) is 0. The van der Waals surface area contributed by atoms with E-state index in [2.05, 4.69) is 20.8 Å². The van der Waals surface area contributed by atoms with Gasteiger partial charge in [0.15, 0.2) is 0 Å². The van der Waals surface area contributed by atoms with Crippen LogP contribution in [0.25, 0.3) is 0 Å². The van der Waals surface area contributed by atoms with Gasteiger partial charge >= 0.3 is 8.80 Å². The van der Waals surface area contributed by atoms with Crippen LogP contribution >= 0.6 is 0 Å². The number of hydrogen-bond acceptors (Lipinski definition) is 3. The highest BCUT2D eigenvalue weighted by Crippen LogP contribution is 2.35. The molecule has 0 aliphatic carbocycles. The SMILES string of the molecule is CCCCC(C(C)C)[Si](OC)(OC)OC. The van der Waals surface area contributed by atoms with Gasteiger partial charge in [-0.15, -0.1) is 0 Å². The summed E-state index contributed by atoms with van der Waals surface area (Å²) >= 11 is 0. The van der Waals surface area contributed by atoms with Gasteiger partial charge in [-0.25, -0.2) is 0 Å². The average molecular weight is 234 g/mol. The van der Waals surface area contributed by atoms with Crippen LogP contribution in [0.3, 0.4) is 0 Å². The first-order chi connectivity index (χ1) is 7.07. The van der Waals surface area contributed by atoms with E-state index in [1.807, 2.05) is 0 Å². The zero-order valence-corrected chi connectivity index (χ0v) is 12.0. The second-order valence-corrected chi connectivity index (χ2v) is 7.38. The van der Waals surface area contributed by atoms with Crippen molar-refractivity contribution in [3.8, 4) is 0 Å². The molecule has 4 heteroatoms. The van der Waals surface area contributed by atoms with Gasteiger partial charge in [0, 0.05) is 26.9 Å². The molecule has 0 saturated carbocycles. The lowest BCUT2D eigenvalue weighted by molar-refractivity contribution is 0.101. The van der Waals surface area contributed by atoms with Crippen molar-refractivity contribution in [2.45, 2.75) is 45.6 Å². The fraction of sp³-hybridized carbons (Fsp3) is 1.00. The molecule has 0 saturated heterocycles. The molecule has 0 N–H and O–H groups in total. The Labute approximate surface area is 95.5 Å². The van der Waals surface area contributed by atoms with E-state index in [4.69, 9.17) is 13.3 Å². The molecule has 92 valence electrons. The van der Waals surface area contributed by atoms with E-state index >= 15 is 0 Å². The highest BCUT2D eigenvalue weighted by Gasteiger charge is 2.47. The van der Waals surface area contributed by atoms with Crippen LogP contribution in [0, 0.1) is 5.92 Å². The van der Waals surface area contributed by atoms with Crippen molar-refractivity contribution < 1.29 is 13.3 Å². The van der Waals surface area contributed by atoms with E-state index in [0.29, 0.717) is 11.5 Å². The molecule has 0 aliphatic rings. The van der Waals surface area contributed by atoms with Crippen molar-refractivity contribution in [3.05, 3.63) is 0 Å². The topological polar surface area (TPSA) is 27.7 Å². The molecule has 0 spiro atoms. The summed E-state index contributed by atoms with van der Waals surface area (Å²) in [5, 5.41) is 0. The summed E-state index contributed by atoms with van der Waals surface area (Å²) in [4.78, 5) is 0. The largest absolute Gasteiger partial charge is 0.503 e. The fourth-order valence-corrected chi connectivity index (χ4v) is 4.83. The monoisotopic (exact) mass is 234 g/mol. The zero-order chi connectivity index (χ0) is 11.9. The van der Waals surface area contributed by atoms with E-state index in [9.17, 15) is 0 Å². The van der Waals surface area contributed by atoms with E-state index < -0.39 is 8.80 Å². The van der Waals surface area contributed by atoms with Gasteiger partial charge in [-0.1, -0.05) is 33.6 Å². The van der Waals surface area contributed by atoms with Gasteiger partial charge in [-0.3, -0.25) is 0 Å². The molecule has 1 atom stereocenters. The quantitative estimate of drug-likeness (QED) is 0.604. The Morgan fingerprint density at radius 2 is 1.47 bits per heavy atom. The van der Waals surface area contributed by atoms with Crippen LogP contribution in [-0.2, 0) is 13.3 Å². The molecule has 0 rings (SSSR count). The lowest BCUT2D eigenvalue weighted by atomic mass is 10.0. The van der Waals surface area contributed by atoms with Gasteiger partial charge in [-0.2, -0.15) is 0 Å². The molecule has 0 fully saturated rings. The highest BCUT2D eigenvalue weighted by atomic mass is 28.4. The van der Waals surface area contributed by atoms with Crippen molar-refractivity contribution in [2.75, 3.05) is 21.3 Å². The first kappa shape index (κ1) is 15.1. The van der Waals surface area contributed by atoms with Crippen LogP contribution in [0.1, 0.15) is 40.0 Å². The minimum absolute atomic E-state index is 0.400. The van der Waals surface area contributed by atoms with E-state index in [0.717, 1.165) is 6.42 Å². The van der Waals surface area contributed by atoms with Crippen molar-refractivity contribution in [1.29, 1.82) is 0 Å². The van der Waals surface area contributed by atoms with Crippen molar-refractivity contribution >= 4 is 8.80 Å². The summed E-state index contributed by atoms with van der Waals surface area (Å²) in [5.74, 6) is 0.531. The molecular formula is C11H26O3Si. The third-order valence-electron chi connectivity index (χ3n) is 2.98. The molecule has 0 aromatic carbocycles. The summed E-state index contributed by atoms with van der Waals surface area (Å²) in [7, 11) is 2.64. The summed E-state index contributed by atoms with van der Waals surface area (Å²) in [6.07, 6.45) is 3.52. The predicted molar refractivity (Wildman–Crippen MR) is 64.9 cm³/mol. The molecule has 3 nitrogen and oxygen atoms in total. The maximum Gasteiger partial charge on any atom is 0.503 e. The van der Waals surface area contributed by atoms with Gasteiger partial charge in [0.05, 0.1) is 0 Å². The lowest BCUT2D eigenvalue weighted by Gasteiger charge is -2.34. The fourth-order valence-electron chi connectivity index (χ4n) is 2.05. The van der Waals surface area contributed by atoms with Crippen molar-refractivity contribution in [3.63, 3.8) is 0 Å². The molecule has 0 radical (unpaired) electrons. The Morgan fingerprint density at radius 1 is 1.00 bits per heavy atom. The normalized spacial score (nSPS) is 14.6. The van der Waals surface area contributed by atoms with Crippen LogP contribution in [-0.4, -0.2) is 30.1 Å². The second kappa shape index (κ2) is 7.38. The molecule has 0 bridgehead atoms. The van der Waals surface area contributed by atoms with Gasteiger partial charge in [0.1, 0.15) is 0 Å². The maximum atomic E-state index is 5.55. The van der Waals surface area contributed by atoms with Crippen LogP contribution in [0.5, 0.6) is 0 Å². The van der Waals surface area contributed by atoms with E-state index in [1.165, 1.54) is 12.8 Å². The molecule has 0 heterocycles. The Hall–Kier alpha value is 0.0969. The first-order valence-corrected chi connectivity index (χ1v) is 7.53. The lowest BCUT2D eigenvalue weighted by Crippen LogP contribution is -2.49. The van der Waals surface area contributed by atoms with Crippen LogP contribution in [0.4, 0.5) is 0 Å². The molecule has 15 heavy (non-hydrogen) atoms. The minimum Gasteiger partial charge on any atom is -0.377 e. The third-order valence-corrected chi connectivity index (χ3v) is 6.55. The summed E-state index contributed by atoms with van der Waals surface area (Å²) in [6.45, 7) is 6.62. The zero-order valence-electron chi connectivity index (χ0n) is 11.0. The molecule has 1 unspecified atom stereocenters. The summed E-state index contributed by atoms with van der Waals surface area (Å²) in [6, 6.07) is 0. The molecular weight excluding hydrogens is 208 g/mol. The van der Waals surface area contributed by atoms with Crippen molar-refractivity contribution in [2.24, 2.45) is 5.92 Å². The minimum atomic E-state index is -2.45. The average Bonchev–Trinajstić information content (AvgIpc) is 2.24. The predicted octanol–water partition coefficient (Wildman–Crippen LogP) is 3.08. The van der Waals surface area contributed by atoms with Gasteiger partial charge in [0.2, 0.25) is 0 Å². The molecule has 0 aromatic heterocycles. The van der Waals surface area contributed by atoms with Crippen LogP contribution < -0.4 is 0 Å². The van der Waals surface area contributed by atoms with Crippen molar-refractivity contribution in [1.82, 2.24) is 0 Å². The summed E-state index contributed by atoms with van der Waals surface area (Å²) < 4.78 is 16.7.